The van der Waals surface area contributed by atoms with Crippen LogP contribution in [0.15, 0.2) is 45.5 Å². The van der Waals surface area contributed by atoms with Gasteiger partial charge < -0.3 is 5.32 Å². The monoisotopic (exact) mass is 396 g/mol. The average Bonchev–Trinajstić information content (AvgIpc) is 2.45. The standard InChI is InChI=1S/C16H18Br2N2/c1-2-3-4-12-5-7-14(8-6-12)19-11-16-15(18)9-13(17)10-20-16/h5-10,19H,2-4,11H2,1H3. The summed E-state index contributed by atoms with van der Waals surface area (Å²) in [6.45, 7) is 2.93. The summed E-state index contributed by atoms with van der Waals surface area (Å²) in [4.78, 5) is 4.39. The highest BCUT2D eigenvalue weighted by atomic mass is 79.9. The van der Waals surface area contributed by atoms with Crippen LogP contribution in [0.3, 0.4) is 0 Å². The van der Waals surface area contributed by atoms with E-state index in [2.05, 4.69) is 73.3 Å². The van der Waals surface area contributed by atoms with Crippen molar-refractivity contribution < 1.29 is 0 Å². The maximum atomic E-state index is 4.39. The van der Waals surface area contributed by atoms with Gasteiger partial charge in [0.15, 0.2) is 0 Å². The van der Waals surface area contributed by atoms with Crippen molar-refractivity contribution in [2.24, 2.45) is 0 Å². The molecule has 0 aliphatic carbocycles. The maximum Gasteiger partial charge on any atom is 0.0737 e. The fraction of sp³-hybridized carbons (Fsp3) is 0.312. The van der Waals surface area contributed by atoms with Crippen LogP contribution in [0.2, 0.25) is 0 Å². The Kier molecular flexibility index (Phi) is 6.05. The molecule has 2 rings (SSSR count). The summed E-state index contributed by atoms with van der Waals surface area (Å²) >= 11 is 6.94. The molecule has 0 aliphatic rings. The van der Waals surface area contributed by atoms with Crippen LogP contribution in [-0.4, -0.2) is 4.98 Å². The molecule has 0 spiro atoms. The molecule has 1 N–H and O–H groups in total. The fourth-order valence-corrected chi connectivity index (χ4v) is 3.06. The molecule has 4 heteroatoms. The van der Waals surface area contributed by atoms with E-state index in [0.29, 0.717) is 6.54 Å². The van der Waals surface area contributed by atoms with Gasteiger partial charge in [-0.2, -0.15) is 0 Å². The molecule has 0 saturated heterocycles. The molecule has 0 saturated carbocycles. The number of nitrogens with one attached hydrogen (secondary N) is 1. The number of benzene rings is 1. The molecule has 0 radical (unpaired) electrons. The quantitative estimate of drug-likeness (QED) is 0.689. The summed E-state index contributed by atoms with van der Waals surface area (Å²) < 4.78 is 1.99. The van der Waals surface area contributed by atoms with Gasteiger partial charge in [-0.05, 0) is 68.5 Å². The van der Waals surface area contributed by atoms with Crippen molar-refractivity contribution in [3.8, 4) is 0 Å². The zero-order valence-electron chi connectivity index (χ0n) is 11.5. The van der Waals surface area contributed by atoms with Gasteiger partial charge in [0.05, 0.1) is 12.2 Å². The molecule has 106 valence electrons. The Labute approximate surface area is 137 Å². The zero-order chi connectivity index (χ0) is 14.4. The number of aromatic nitrogens is 1. The Bertz CT molecular complexity index is 553. The van der Waals surface area contributed by atoms with Crippen LogP contribution in [0, 0.1) is 0 Å². The predicted octanol–water partition coefficient (Wildman–Crippen LogP) is 5.56. The largest absolute Gasteiger partial charge is 0.379 e. The van der Waals surface area contributed by atoms with Crippen LogP contribution in [0.4, 0.5) is 5.69 Å². The molecular formula is C16H18Br2N2. The van der Waals surface area contributed by atoms with Gasteiger partial charge in [-0.15, -0.1) is 0 Å². The molecule has 0 bridgehead atoms. The summed E-state index contributed by atoms with van der Waals surface area (Å²) in [6, 6.07) is 10.7. The number of rotatable bonds is 6. The van der Waals surface area contributed by atoms with Crippen molar-refractivity contribution in [2.45, 2.75) is 32.7 Å². The normalized spacial score (nSPS) is 10.6. The van der Waals surface area contributed by atoms with Crippen LogP contribution in [0.1, 0.15) is 31.0 Å². The van der Waals surface area contributed by atoms with Gasteiger partial charge in [-0.1, -0.05) is 25.5 Å². The molecule has 20 heavy (non-hydrogen) atoms. The topological polar surface area (TPSA) is 24.9 Å². The van der Waals surface area contributed by atoms with Gasteiger partial charge in [-0.3, -0.25) is 4.98 Å². The van der Waals surface area contributed by atoms with Crippen LogP contribution < -0.4 is 5.32 Å². The minimum atomic E-state index is 0.710. The first-order valence-electron chi connectivity index (χ1n) is 6.81. The van der Waals surface area contributed by atoms with Crippen molar-refractivity contribution >= 4 is 37.5 Å². The third-order valence-corrected chi connectivity index (χ3v) is 4.24. The second kappa shape index (κ2) is 7.79. The van der Waals surface area contributed by atoms with Crippen LogP contribution >= 0.6 is 31.9 Å². The lowest BCUT2D eigenvalue weighted by Gasteiger charge is -2.08. The zero-order valence-corrected chi connectivity index (χ0v) is 14.7. The molecule has 0 unspecified atom stereocenters. The van der Waals surface area contributed by atoms with E-state index in [0.717, 1.165) is 26.7 Å². The average molecular weight is 398 g/mol. The maximum absolute atomic E-state index is 4.39. The van der Waals surface area contributed by atoms with E-state index in [9.17, 15) is 0 Å². The van der Waals surface area contributed by atoms with Gasteiger partial charge >= 0.3 is 0 Å². The minimum Gasteiger partial charge on any atom is -0.379 e. The molecule has 0 fully saturated rings. The molecule has 2 nitrogen and oxygen atoms in total. The van der Waals surface area contributed by atoms with E-state index < -0.39 is 0 Å². The summed E-state index contributed by atoms with van der Waals surface area (Å²) in [5, 5.41) is 3.40. The van der Waals surface area contributed by atoms with E-state index in [1.165, 1.54) is 18.4 Å². The van der Waals surface area contributed by atoms with Gasteiger partial charge in [0, 0.05) is 20.8 Å². The fourth-order valence-electron chi connectivity index (χ4n) is 1.93. The smallest absolute Gasteiger partial charge is 0.0737 e. The van der Waals surface area contributed by atoms with Gasteiger partial charge in [-0.25, -0.2) is 0 Å². The molecule has 1 heterocycles. The lowest BCUT2D eigenvalue weighted by Crippen LogP contribution is -2.02. The highest BCUT2D eigenvalue weighted by Gasteiger charge is 2.02. The van der Waals surface area contributed by atoms with Crippen LogP contribution in [0.5, 0.6) is 0 Å². The molecule has 1 aromatic heterocycles. The van der Waals surface area contributed by atoms with Crippen molar-refractivity contribution in [3.63, 3.8) is 0 Å². The molecule has 0 aliphatic heterocycles. The van der Waals surface area contributed by atoms with E-state index in [1.807, 2.05) is 12.3 Å². The van der Waals surface area contributed by atoms with Crippen LogP contribution in [0.25, 0.3) is 0 Å². The van der Waals surface area contributed by atoms with E-state index in [4.69, 9.17) is 0 Å². The summed E-state index contributed by atoms with van der Waals surface area (Å²) in [6.07, 6.45) is 5.47. The third kappa shape index (κ3) is 4.60. The van der Waals surface area contributed by atoms with E-state index in [-0.39, 0.29) is 0 Å². The van der Waals surface area contributed by atoms with Gasteiger partial charge in [0.25, 0.3) is 0 Å². The second-order valence-electron chi connectivity index (χ2n) is 4.74. The first-order chi connectivity index (χ1) is 9.69. The molecular weight excluding hydrogens is 380 g/mol. The number of halogens is 2. The predicted molar refractivity (Wildman–Crippen MR) is 92.0 cm³/mol. The summed E-state index contributed by atoms with van der Waals surface area (Å²) in [5.41, 5.74) is 3.53. The Morgan fingerprint density at radius 2 is 1.90 bits per heavy atom. The lowest BCUT2D eigenvalue weighted by atomic mass is 10.1. The minimum absolute atomic E-state index is 0.710. The Balaban J connectivity index is 1.93. The van der Waals surface area contributed by atoms with Crippen molar-refractivity contribution in [1.82, 2.24) is 4.98 Å². The van der Waals surface area contributed by atoms with Crippen molar-refractivity contribution in [1.29, 1.82) is 0 Å². The molecule has 0 amide bonds. The Hall–Kier alpha value is -0.870. The highest BCUT2D eigenvalue weighted by molar-refractivity contribution is 9.11. The first kappa shape index (κ1) is 15.5. The number of hydrogen-bond donors (Lipinski definition) is 1. The number of pyridine rings is 1. The molecule has 1 aromatic carbocycles. The number of hydrogen-bond acceptors (Lipinski definition) is 2. The molecule has 0 atom stereocenters. The first-order valence-corrected chi connectivity index (χ1v) is 8.40. The number of nitrogens with zero attached hydrogens (tertiary/aromatic N) is 1. The van der Waals surface area contributed by atoms with E-state index >= 15 is 0 Å². The number of anilines is 1. The van der Waals surface area contributed by atoms with Gasteiger partial charge in [0.1, 0.15) is 0 Å². The number of unbranched alkanes of at least 4 members (excludes halogenated alkanes) is 1. The number of aryl methyl sites for hydroxylation is 1. The lowest BCUT2D eigenvalue weighted by molar-refractivity contribution is 0.795. The van der Waals surface area contributed by atoms with E-state index in [1.54, 1.807) is 0 Å². The Morgan fingerprint density at radius 1 is 1.15 bits per heavy atom. The third-order valence-electron chi connectivity index (χ3n) is 3.12. The van der Waals surface area contributed by atoms with Crippen molar-refractivity contribution in [3.05, 3.63) is 56.7 Å². The Morgan fingerprint density at radius 3 is 2.55 bits per heavy atom. The van der Waals surface area contributed by atoms with Crippen LogP contribution in [-0.2, 0) is 13.0 Å². The van der Waals surface area contributed by atoms with Gasteiger partial charge in [0.2, 0.25) is 0 Å². The highest BCUT2D eigenvalue weighted by Crippen LogP contribution is 2.20. The molecule has 2 aromatic rings. The SMILES string of the molecule is CCCCc1ccc(NCc2ncc(Br)cc2Br)cc1. The van der Waals surface area contributed by atoms with Crippen molar-refractivity contribution in [2.75, 3.05) is 5.32 Å². The summed E-state index contributed by atoms with van der Waals surface area (Å²) in [5.74, 6) is 0. The second-order valence-corrected chi connectivity index (χ2v) is 6.51. The summed E-state index contributed by atoms with van der Waals surface area (Å²) in [7, 11) is 0.